The number of benzene rings is 2. The zero-order valence-corrected chi connectivity index (χ0v) is 14.8. The molecule has 0 aromatic heterocycles. The van der Waals surface area contributed by atoms with Crippen LogP contribution in [0.2, 0.25) is 0 Å². The SMILES string of the molecule is COC(CCNC/C=C/Cl)(c1ccccc1)c1ccccc1.Cl. The Hall–Kier alpha value is -1.32. The van der Waals surface area contributed by atoms with E-state index >= 15 is 0 Å². The molecule has 1 N–H and O–H groups in total. The molecule has 2 rings (SSSR count). The molecule has 0 heterocycles. The molecule has 124 valence electrons. The maximum atomic E-state index is 6.03. The number of ether oxygens (including phenoxy) is 1. The van der Waals surface area contributed by atoms with Crippen LogP contribution in [0, 0.1) is 0 Å². The van der Waals surface area contributed by atoms with Crippen molar-refractivity contribution in [3.05, 3.63) is 83.4 Å². The highest BCUT2D eigenvalue weighted by molar-refractivity contribution is 6.25. The summed E-state index contributed by atoms with van der Waals surface area (Å²) >= 11 is 5.54. The second-order valence-electron chi connectivity index (χ2n) is 5.08. The first-order valence-electron chi connectivity index (χ1n) is 7.45. The summed E-state index contributed by atoms with van der Waals surface area (Å²) in [6.07, 6.45) is 2.73. The molecule has 0 aliphatic heterocycles. The highest BCUT2D eigenvalue weighted by atomic mass is 35.5. The van der Waals surface area contributed by atoms with Gasteiger partial charge in [0.15, 0.2) is 0 Å². The highest BCUT2D eigenvalue weighted by Crippen LogP contribution is 2.36. The van der Waals surface area contributed by atoms with Crippen LogP contribution < -0.4 is 5.32 Å². The normalized spacial score (nSPS) is 11.4. The molecule has 0 aliphatic rings. The first-order valence-corrected chi connectivity index (χ1v) is 7.89. The van der Waals surface area contributed by atoms with Gasteiger partial charge in [0.1, 0.15) is 5.60 Å². The van der Waals surface area contributed by atoms with Crippen molar-refractivity contribution in [1.29, 1.82) is 0 Å². The van der Waals surface area contributed by atoms with Crippen molar-refractivity contribution < 1.29 is 4.74 Å². The standard InChI is InChI=1S/C19H22ClNO.ClH/c1-22-19(13-16-21-15-8-14-20,17-9-4-2-5-10-17)18-11-6-3-7-12-18;/h2-12,14,21H,13,15-16H2,1H3;1H/b14-8+;. The van der Waals surface area contributed by atoms with Crippen molar-refractivity contribution in [1.82, 2.24) is 5.32 Å². The predicted molar refractivity (Wildman–Crippen MR) is 100 cm³/mol. The Labute approximate surface area is 149 Å². The van der Waals surface area contributed by atoms with Crippen LogP contribution in [-0.2, 0) is 10.3 Å². The molecule has 2 aromatic rings. The molecule has 0 saturated carbocycles. The maximum Gasteiger partial charge on any atom is 0.119 e. The van der Waals surface area contributed by atoms with E-state index in [1.807, 2.05) is 18.2 Å². The van der Waals surface area contributed by atoms with E-state index in [2.05, 4.69) is 53.8 Å². The number of methoxy groups -OCH3 is 1. The molecule has 2 nitrogen and oxygen atoms in total. The van der Waals surface area contributed by atoms with E-state index in [1.165, 1.54) is 16.7 Å². The Balaban J connectivity index is 0.00000264. The topological polar surface area (TPSA) is 21.3 Å². The molecule has 0 bridgehead atoms. The number of hydrogen-bond donors (Lipinski definition) is 1. The van der Waals surface area contributed by atoms with Gasteiger partial charge in [-0.3, -0.25) is 0 Å². The fourth-order valence-electron chi connectivity index (χ4n) is 2.70. The van der Waals surface area contributed by atoms with Crippen molar-refractivity contribution in [2.75, 3.05) is 20.2 Å². The Morgan fingerprint density at radius 1 is 1.00 bits per heavy atom. The number of nitrogens with one attached hydrogen (secondary N) is 1. The summed E-state index contributed by atoms with van der Waals surface area (Å²) in [6.45, 7) is 1.59. The molecule has 2 aromatic carbocycles. The second kappa shape index (κ2) is 10.5. The van der Waals surface area contributed by atoms with Gasteiger partial charge in [-0.15, -0.1) is 12.4 Å². The van der Waals surface area contributed by atoms with Gasteiger partial charge in [-0.2, -0.15) is 0 Å². The van der Waals surface area contributed by atoms with Crippen LogP contribution in [0.5, 0.6) is 0 Å². The molecule has 4 heteroatoms. The quantitative estimate of drug-likeness (QED) is 0.694. The summed E-state index contributed by atoms with van der Waals surface area (Å²) in [6, 6.07) is 20.7. The molecule has 0 spiro atoms. The van der Waals surface area contributed by atoms with Gasteiger partial charge in [0.25, 0.3) is 0 Å². The smallest absolute Gasteiger partial charge is 0.119 e. The van der Waals surface area contributed by atoms with Crippen molar-refractivity contribution in [3.63, 3.8) is 0 Å². The summed E-state index contributed by atoms with van der Waals surface area (Å²) in [5.74, 6) is 0. The Morgan fingerprint density at radius 2 is 1.52 bits per heavy atom. The van der Waals surface area contributed by atoms with Gasteiger partial charge in [0.2, 0.25) is 0 Å². The maximum absolute atomic E-state index is 6.03. The van der Waals surface area contributed by atoms with Crippen LogP contribution in [0.15, 0.2) is 72.3 Å². The van der Waals surface area contributed by atoms with Crippen LogP contribution in [0.4, 0.5) is 0 Å². The molecule has 0 unspecified atom stereocenters. The first-order chi connectivity index (χ1) is 10.8. The molecular weight excluding hydrogens is 329 g/mol. The first kappa shape index (κ1) is 19.7. The van der Waals surface area contributed by atoms with E-state index in [1.54, 1.807) is 7.11 Å². The minimum atomic E-state index is -0.444. The zero-order valence-electron chi connectivity index (χ0n) is 13.2. The van der Waals surface area contributed by atoms with E-state index in [9.17, 15) is 0 Å². The lowest BCUT2D eigenvalue weighted by Crippen LogP contribution is -2.34. The van der Waals surface area contributed by atoms with Crippen molar-refractivity contribution in [2.45, 2.75) is 12.0 Å². The number of hydrogen-bond acceptors (Lipinski definition) is 2. The summed E-state index contributed by atoms with van der Waals surface area (Å²) in [5, 5.41) is 3.36. The average molecular weight is 352 g/mol. The van der Waals surface area contributed by atoms with Gasteiger partial charge in [-0.25, -0.2) is 0 Å². The van der Waals surface area contributed by atoms with Gasteiger partial charge in [-0.1, -0.05) is 78.3 Å². The molecular formula is C19H23Cl2NO. The monoisotopic (exact) mass is 351 g/mol. The van der Waals surface area contributed by atoms with Crippen LogP contribution in [0.3, 0.4) is 0 Å². The van der Waals surface area contributed by atoms with Gasteiger partial charge in [0.05, 0.1) is 0 Å². The largest absolute Gasteiger partial charge is 0.369 e. The summed E-state index contributed by atoms with van der Waals surface area (Å²) in [4.78, 5) is 0. The van der Waals surface area contributed by atoms with Crippen LogP contribution >= 0.6 is 24.0 Å². The molecule has 23 heavy (non-hydrogen) atoms. The number of rotatable bonds is 8. The zero-order chi connectivity index (χ0) is 15.7. The highest BCUT2D eigenvalue weighted by Gasteiger charge is 2.33. The minimum Gasteiger partial charge on any atom is -0.369 e. The number of halogens is 2. The predicted octanol–water partition coefficient (Wildman–Crippen LogP) is 4.73. The van der Waals surface area contributed by atoms with Gasteiger partial charge in [0, 0.05) is 19.2 Å². The summed E-state index contributed by atoms with van der Waals surface area (Å²) in [7, 11) is 1.78. The lowest BCUT2D eigenvalue weighted by Gasteiger charge is -2.34. The minimum absolute atomic E-state index is 0. The summed E-state index contributed by atoms with van der Waals surface area (Å²) in [5.41, 5.74) is 3.42. The average Bonchev–Trinajstić information content (AvgIpc) is 2.60. The molecule has 0 radical (unpaired) electrons. The van der Waals surface area contributed by atoms with E-state index in [-0.39, 0.29) is 12.4 Å². The Kier molecular flexibility index (Phi) is 8.97. The Morgan fingerprint density at radius 3 is 1.96 bits per heavy atom. The van der Waals surface area contributed by atoms with Crippen LogP contribution in [0.1, 0.15) is 17.5 Å². The van der Waals surface area contributed by atoms with E-state index in [0.717, 1.165) is 19.5 Å². The second-order valence-corrected chi connectivity index (χ2v) is 5.33. The van der Waals surface area contributed by atoms with E-state index in [4.69, 9.17) is 16.3 Å². The van der Waals surface area contributed by atoms with Crippen LogP contribution in [-0.4, -0.2) is 20.2 Å². The molecule has 0 fully saturated rings. The molecule has 0 aliphatic carbocycles. The third-order valence-corrected chi connectivity index (χ3v) is 4.01. The molecule has 0 saturated heterocycles. The van der Waals surface area contributed by atoms with E-state index in [0.29, 0.717) is 0 Å². The fraction of sp³-hybridized carbons (Fsp3) is 0.263. The van der Waals surface area contributed by atoms with E-state index < -0.39 is 5.60 Å². The lowest BCUT2D eigenvalue weighted by atomic mass is 9.83. The van der Waals surface area contributed by atoms with Gasteiger partial charge in [-0.05, 0) is 24.1 Å². The van der Waals surface area contributed by atoms with Crippen molar-refractivity contribution in [2.24, 2.45) is 0 Å². The lowest BCUT2D eigenvalue weighted by molar-refractivity contribution is 0.0149. The summed E-state index contributed by atoms with van der Waals surface area (Å²) < 4.78 is 6.03. The van der Waals surface area contributed by atoms with Crippen molar-refractivity contribution >= 4 is 24.0 Å². The Bertz CT molecular complexity index is 533. The van der Waals surface area contributed by atoms with Gasteiger partial charge >= 0.3 is 0 Å². The van der Waals surface area contributed by atoms with Gasteiger partial charge < -0.3 is 10.1 Å². The fourth-order valence-corrected chi connectivity index (χ4v) is 2.79. The molecule has 0 amide bonds. The van der Waals surface area contributed by atoms with Crippen LogP contribution in [0.25, 0.3) is 0 Å². The third-order valence-electron chi connectivity index (χ3n) is 3.83. The molecule has 0 atom stereocenters. The van der Waals surface area contributed by atoms with Crippen molar-refractivity contribution in [3.8, 4) is 0 Å². The third kappa shape index (κ3) is 5.08.